The van der Waals surface area contributed by atoms with Gasteiger partial charge in [-0.15, -0.1) is 11.8 Å². The van der Waals surface area contributed by atoms with E-state index in [9.17, 15) is 14.4 Å². The minimum absolute atomic E-state index is 0.00362. The average Bonchev–Trinajstić information content (AvgIpc) is 2.73. The third-order valence-corrected chi connectivity index (χ3v) is 6.67. The topological polar surface area (TPSA) is 82.1 Å². The fourth-order valence-corrected chi connectivity index (χ4v) is 5.03. The molecule has 9 heteroatoms. The second-order valence-corrected chi connectivity index (χ2v) is 8.60. The number of amides is 1. The summed E-state index contributed by atoms with van der Waals surface area (Å²) < 4.78 is 13.8. The van der Waals surface area contributed by atoms with Gasteiger partial charge in [-0.2, -0.15) is 0 Å². The van der Waals surface area contributed by atoms with Crippen LogP contribution in [0.4, 0.5) is 4.79 Å². The molecule has 3 atom stereocenters. The van der Waals surface area contributed by atoms with Gasteiger partial charge >= 0.3 is 12.1 Å². The molecular weight excluding hydrogens is 425 g/mol. The van der Waals surface area contributed by atoms with Crippen molar-refractivity contribution in [3.05, 3.63) is 0 Å². The highest BCUT2D eigenvalue weighted by atomic mass is 127. The molecule has 0 bridgehead atoms. The van der Waals surface area contributed by atoms with E-state index in [1.807, 2.05) is 20.8 Å². The molecular formula is C13H18INO6S. The number of hydrogen-bond donors (Lipinski definition) is 0. The lowest BCUT2D eigenvalue weighted by Gasteiger charge is -2.41. The van der Waals surface area contributed by atoms with Crippen LogP contribution in [0.5, 0.6) is 0 Å². The molecule has 1 amide bonds. The Morgan fingerprint density at radius 3 is 2.64 bits per heavy atom. The van der Waals surface area contributed by atoms with Gasteiger partial charge in [-0.25, -0.2) is 9.59 Å². The van der Waals surface area contributed by atoms with E-state index in [-0.39, 0.29) is 21.8 Å². The highest BCUT2D eigenvalue weighted by Gasteiger charge is 2.63. The van der Waals surface area contributed by atoms with Gasteiger partial charge in [-0.3, -0.25) is 4.79 Å². The van der Waals surface area contributed by atoms with Crippen LogP contribution >= 0.6 is 34.4 Å². The van der Waals surface area contributed by atoms with Gasteiger partial charge in [0.2, 0.25) is 12.7 Å². The van der Waals surface area contributed by atoms with Crippen LogP contribution in [0.2, 0.25) is 0 Å². The van der Waals surface area contributed by atoms with Crippen LogP contribution in [0.1, 0.15) is 27.2 Å². The number of esters is 1. The lowest BCUT2D eigenvalue weighted by molar-refractivity contribution is -0.167. The minimum atomic E-state index is -0.875. The van der Waals surface area contributed by atoms with Crippen LogP contribution in [0.15, 0.2) is 0 Å². The Morgan fingerprint density at radius 2 is 2.00 bits per heavy atom. The molecule has 0 radical (unpaired) electrons. The van der Waals surface area contributed by atoms with Crippen LogP contribution in [0, 0.1) is 0 Å². The Kier molecular flexibility index (Phi) is 5.46. The minimum Gasteiger partial charge on any atom is -0.434 e. The maximum atomic E-state index is 12.2. The number of halogens is 1. The maximum absolute atomic E-state index is 12.2. The first-order chi connectivity index (χ1) is 10.3. The summed E-state index contributed by atoms with van der Waals surface area (Å²) in [5.74, 6) is -0.631. The standard InChI is InChI=1S/C13H18INO6S/c1-4-5-19-12(18)21-6-20-11(17)8-13(2,3)22-10-7(14)9(16)15(8)10/h7-8,10H,4-6H2,1-3H3/t7-,8+,10-/m1/s1. The zero-order valence-electron chi connectivity index (χ0n) is 12.5. The molecule has 0 aromatic carbocycles. The van der Waals surface area contributed by atoms with Gasteiger partial charge in [0.1, 0.15) is 15.3 Å². The van der Waals surface area contributed by atoms with Gasteiger partial charge in [-0.1, -0.05) is 29.5 Å². The number of β-lactam (4-membered cyclic amide) rings is 1. The molecule has 0 aromatic heterocycles. The predicted octanol–water partition coefficient (Wildman–Crippen LogP) is 1.92. The lowest BCUT2D eigenvalue weighted by atomic mass is 9.98. The number of alkyl halides is 1. The Morgan fingerprint density at radius 1 is 1.32 bits per heavy atom. The molecule has 0 N–H and O–H groups in total. The molecule has 0 unspecified atom stereocenters. The zero-order chi connectivity index (χ0) is 16.5. The van der Waals surface area contributed by atoms with Gasteiger partial charge < -0.3 is 19.1 Å². The largest absolute Gasteiger partial charge is 0.511 e. The van der Waals surface area contributed by atoms with Crippen molar-refractivity contribution >= 4 is 52.4 Å². The summed E-state index contributed by atoms with van der Waals surface area (Å²) in [7, 11) is 0. The van der Waals surface area contributed by atoms with Crippen molar-refractivity contribution in [1.29, 1.82) is 0 Å². The molecule has 7 nitrogen and oxygen atoms in total. The Labute approximate surface area is 146 Å². The zero-order valence-corrected chi connectivity index (χ0v) is 15.5. The van der Waals surface area contributed by atoms with Crippen LogP contribution in [0.25, 0.3) is 0 Å². The Hall–Kier alpha value is -0.710. The van der Waals surface area contributed by atoms with Gasteiger partial charge in [-0.05, 0) is 20.3 Å². The van der Waals surface area contributed by atoms with Crippen molar-refractivity contribution in [3.8, 4) is 0 Å². The molecule has 2 rings (SSSR count). The number of thioether (sulfide) groups is 1. The summed E-state index contributed by atoms with van der Waals surface area (Å²) in [4.78, 5) is 36.9. The van der Waals surface area contributed by atoms with Crippen LogP contribution < -0.4 is 0 Å². The Balaban J connectivity index is 1.87. The highest BCUT2D eigenvalue weighted by Crippen LogP contribution is 2.53. The molecule has 0 aliphatic carbocycles. The van der Waals surface area contributed by atoms with Gasteiger partial charge in [0.05, 0.1) is 6.61 Å². The third kappa shape index (κ3) is 3.29. The second-order valence-electron chi connectivity index (χ2n) is 5.49. The van der Waals surface area contributed by atoms with Crippen LogP contribution in [0.3, 0.4) is 0 Å². The molecule has 0 saturated carbocycles. The summed E-state index contributed by atoms with van der Waals surface area (Å²) in [6.45, 7) is 5.39. The van der Waals surface area contributed by atoms with Crippen molar-refractivity contribution in [2.75, 3.05) is 13.4 Å². The molecule has 2 heterocycles. The first kappa shape index (κ1) is 17.6. The van der Waals surface area contributed by atoms with Crippen LogP contribution in [-0.4, -0.2) is 56.4 Å². The van der Waals surface area contributed by atoms with Crippen molar-refractivity contribution in [1.82, 2.24) is 4.90 Å². The average molecular weight is 443 g/mol. The van der Waals surface area contributed by atoms with Crippen LogP contribution in [-0.2, 0) is 23.8 Å². The smallest absolute Gasteiger partial charge is 0.434 e. The summed E-state index contributed by atoms with van der Waals surface area (Å²) >= 11 is 3.67. The second kappa shape index (κ2) is 6.81. The van der Waals surface area contributed by atoms with E-state index in [2.05, 4.69) is 27.3 Å². The number of nitrogens with zero attached hydrogens (tertiary/aromatic N) is 1. The fraction of sp³-hybridized carbons (Fsp3) is 0.769. The quantitative estimate of drug-likeness (QED) is 0.211. The van der Waals surface area contributed by atoms with E-state index < -0.39 is 29.7 Å². The number of hydrogen-bond acceptors (Lipinski definition) is 7. The lowest BCUT2D eigenvalue weighted by Crippen LogP contribution is -2.63. The van der Waals surface area contributed by atoms with E-state index in [1.54, 1.807) is 16.7 Å². The molecule has 2 fully saturated rings. The SMILES string of the molecule is CCCOC(=O)OCOC(=O)[C@@H]1N2C(=O)[C@@H](I)[C@H]2SC1(C)C. The van der Waals surface area contributed by atoms with E-state index in [4.69, 9.17) is 9.47 Å². The number of carbonyl (C=O) groups is 3. The van der Waals surface area contributed by atoms with E-state index >= 15 is 0 Å². The first-order valence-corrected chi connectivity index (χ1v) is 9.02. The molecule has 2 aliphatic rings. The maximum Gasteiger partial charge on any atom is 0.511 e. The first-order valence-electron chi connectivity index (χ1n) is 6.90. The van der Waals surface area contributed by atoms with Gasteiger partial charge in [0, 0.05) is 4.75 Å². The molecule has 124 valence electrons. The van der Waals surface area contributed by atoms with E-state index in [0.717, 1.165) is 0 Å². The predicted molar refractivity (Wildman–Crippen MR) is 87.6 cm³/mol. The molecule has 0 spiro atoms. The highest BCUT2D eigenvalue weighted by molar-refractivity contribution is 14.1. The number of ether oxygens (including phenoxy) is 3. The van der Waals surface area contributed by atoms with Crippen molar-refractivity contribution in [2.45, 2.75) is 47.3 Å². The summed E-state index contributed by atoms with van der Waals surface area (Å²) in [5.41, 5.74) is 0. The third-order valence-electron chi connectivity index (χ3n) is 3.40. The van der Waals surface area contributed by atoms with Crippen molar-refractivity contribution in [3.63, 3.8) is 0 Å². The summed E-state index contributed by atoms with van der Waals surface area (Å²) in [6, 6.07) is -0.670. The number of carbonyl (C=O) groups excluding carboxylic acids is 3. The molecule has 2 saturated heterocycles. The molecule has 2 aliphatic heterocycles. The van der Waals surface area contributed by atoms with Crippen molar-refractivity contribution in [2.24, 2.45) is 0 Å². The fourth-order valence-electron chi connectivity index (χ4n) is 2.39. The number of fused-ring (bicyclic) bond motifs is 1. The van der Waals surface area contributed by atoms with Gasteiger partial charge in [0.25, 0.3) is 0 Å². The number of rotatable bonds is 5. The molecule has 0 aromatic rings. The summed E-state index contributed by atoms with van der Waals surface area (Å²) in [5, 5.41) is -0.00362. The monoisotopic (exact) mass is 443 g/mol. The van der Waals surface area contributed by atoms with E-state index in [0.29, 0.717) is 6.42 Å². The van der Waals surface area contributed by atoms with Crippen molar-refractivity contribution < 1.29 is 28.6 Å². The normalized spacial score (nSPS) is 28.6. The molecule has 22 heavy (non-hydrogen) atoms. The Bertz CT molecular complexity index is 485. The van der Waals surface area contributed by atoms with Gasteiger partial charge in [0.15, 0.2) is 0 Å². The van der Waals surface area contributed by atoms with E-state index in [1.165, 1.54) is 0 Å². The summed E-state index contributed by atoms with van der Waals surface area (Å²) in [6.07, 6.45) is -0.196.